The molecule has 4 rings (SSSR count). The van der Waals surface area contributed by atoms with E-state index in [9.17, 15) is 9.18 Å². The van der Waals surface area contributed by atoms with Crippen LogP contribution in [0.2, 0.25) is 0 Å². The molecule has 0 aliphatic carbocycles. The monoisotopic (exact) mass is 359 g/mol. The summed E-state index contributed by atoms with van der Waals surface area (Å²) in [7, 11) is 0. The second-order valence-corrected chi connectivity index (χ2v) is 6.91. The van der Waals surface area contributed by atoms with Crippen LogP contribution in [0.25, 0.3) is 0 Å². The van der Waals surface area contributed by atoms with Crippen LogP contribution in [0, 0.1) is 12.7 Å². The van der Waals surface area contributed by atoms with E-state index >= 15 is 0 Å². The van der Waals surface area contributed by atoms with Gasteiger partial charge >= 0.3 is 0 Å². The molecule has 138 valence electrons. The Morgan fingerprint density at radius 3 is 2.88 bits per heavy atom. The first-order chi connectivity index (χ1) is 12.5. The molecule has 1 saturated heterocycles. The van der Waals surface area contributed by atoms with Crippen LogP contribution in [0.5, 0.6) is 5.75 Å². The fourth-order valence-corrected chi connectivity index (χ4v) is 3.67. The quantitative estimate of drug-likeness (QED) is 0.889. The van der Waals surface area contributed by atoms with Crippen molar-refractivity contribution in [1.29, 1.82) is 0 Å². The summed E-state index contributed by atoms with van der Waals surface area (Å²) in [6.07, 6.45) is 1.70. The molecule has 2 aliphatic rings. The van der Waals surface area contributed by atoms with Gasteiger partial charge in [-0.25, -0.2) is 9.07 Å². The number of hydrogen-bond acceptors (Lipinski definition) is 5. The van der Waals surface area contributed by atoms with Crippen LogP contribution < -0.4 is 15.0 Å². The third-order valence-electron chi connectivity index (χ3n) is 5.01. The lowest BCUT2D eigenvalue weighted by Crippen LogP contribution is -2.42. The molecule has 0 unspecified atom stereocenters. The average Bonchev–Trinajstić information content (AvgIpc) is 3.02. The third kappa shape index (κ3) is 2.94. The highest BCUT2D eigenvalue weighted by Gasteiger charge is 2.32. The van der Waals surface area contributed by atoms with Gasteiger partial charge in [-0.1, -0.05) is 5.21 Å². The maximum atomic E-state index is 13.5. The van der Waals surface area contributed by atoms with Gasteiger partial charge in [-0.05, 0) is 51.9 Å². The number of nitrogens with zero attached hydrogens (tertiary/aromatic N) is 4. The maximum absolute atomic E-state index is 13.5. The van der Waals surface area contributed by atoms with E-state index in [-0.39, 0.29) is 18.1 Å². The van der Waals surface area contributed by atoms with Gasteiger partial charge in [0.25, 0.3) is 5.91 Å². The van der Waals surface area contributed by atoms with Gasteiger partial charge in [0.1, 0.15) is 17.7 Å². The van der Waals surface area contributed by atoms with E-state index in [1.54, 1.807) is 11.0 Å². The van der Waals surface area contributed by atoms with E-state index in [1.807, 2.05) is 18.5 Å². The second-order valence-electron chi connectivity index (χ2n) is 6.91. The molecule has 1 aromatic carbocycles. The number of amides is 1. The minimum Gasteiger partial charge on any atom is -0.487 e. The van der Waals surface area contributed by atoms with Gasteiger partial charge in [-0.3, -0.25) is 9.69 Å². The first kappa shape index (κ1) is 17.0. The van der Waals surface area contributed by atoms with Crippen molar-refractivity contribution in [1.82, 2.24) is 20.3 Å². The molecular weight excluding hydrogens is 337 g/mol. The molecule has 26 heavy (non-hydrogen) atoms. The lowest BCUT2D eigenvalue weighted by molar-refractivity contribution is 0.0955. The SMILES string of the molecule is Cc1c(C(=O)N2C[C@H](C)Oc3cc(F)ccc32)nnn1C1CCNCC1. The van der Waals surface area contributed by atoms with Gasteiger partial charge in [0.05, 0.1) is 24.0 Å². The van der Waals surface area contributed by atoms with Crippen LogP contribution in [0.3, 0.4) is 0 Å². The number of hydrogen-bond donors (Lipinski definition) is 1. The number of nitrogens with one attached hydrogen (secondary N) is 1. The first-order valence-corrected chi connectivity index (χ1v) is 8.95. The number of anilines is 1. The molecule has 2 aromatic rings. The zero-order chi connectivity index (χ0) is 18.3. The summed E-state index contributed by atoms with van der Waals surface area (Å²) >= 11 is 0. The second kappa shape index (κ2) is 6.68. The normalized spacial score (nSPS) is 20.6. The lowest BCUT2D eigenvalue weighted by Gasteiger charge is -2.33. The molecular formula is C18H22FN5O2. The molecule has 2 aliphatic heterocycles. The predicted octanol–water partition coefficient (Wildman–Crippen LogP) is 2.08. The van der Waals surface area contributed by atoms with E-state index in [0.717, 1.165) is 31.6 Å². The van der Waals surface area contributed by atoms with E-state index in [2.05, 4.69) is 15.6 Å². The van der Waals surface area contributed by atoms with Crippen molar-refractivity contribution < 1.29 is 13.9 Å². The van der Waals surface area contributed by atoms with Crippen LogP contribution in [0.15, 0.2) is 18.2 Å². The largest absolute Gasteiger partial charge is 0.487 e. The van der Waals surface area contributed by atoms with Crippen LogP contribution in [0.4, 0.5) is 10.1 Å². The number of aromatic nitrogens is 3. The van der Waals surface area contributed by atoms with Crippen LogP contribution >= 0.6 is 0 Å². The summed E-state index contributed by atoms with van der Waals surface area (Å²) < 4.78 is 21.1. The Bertz CT molecular complexity index is 831. The van der Waals surface area contributed by atoms with Crippen molar-refractivity contribution in [2.45, 2.75) is 38.8 Å². The van der Waals surface area contributed by atoms with E-state index in [1.165, 1.54) is 12.1 Å². The number of fused-ring (bicyclic) bond motifs is 1. The highest BCUT2D eigenvalue weighted by Crippen LogP contribution is 2.35. The number of rotatable bonds is 2. The molecule has 1 N–H and O–H groups in total. The predicted molar refractivity (Wildman–Crippen MR) is 94.1 cm³/mol. The molecule has 1 atom stereocenters. The molecule has 3 heterocycles. The van der Waals surface area contributed by atoms with Gasteiger partial charge in [0.2, 0.25) is 0 Å². The Labute approximate surface area is 151 Å². The van der Waals surface area contributed by atoms with Gasteiger partial charge in [-0.2, -0.15) is 0 Å². The zero-order valence-electron chi connectivity index (χ0n) is 14.9. The van der Waals surface area contributed by atoms with Crippen LogP contribution in [-0.4, -0.2) is 46.6 Å². The molecule has 8 heteroatoms. The van der Waals surface area contributed by atoms with E-state index in [0.29, 0.717) is 23.7 Å². The van der Waals surface area contributed by atoms with Crippen LogP contribution in [0.1, 0.15) is 42.0 Å². The molecule has 0 radical (unpaired) electrons. The standard InChI is InChI=1S/C18H22FN5O2/c1-11-10-23(15-4-3-13(19)9-16(15)26-11)18(25)17-12(2)24(22-21-17)14-5-7-20-8-6-14/h3-4,9,11,14,20H,5-8,10H2,1-2H3/t11-/m0/s1. The summed E-state index contributed by atoms with van der Waals surface area (Å²) in [6.45, 7) is 6.00. The Balaban J connectivity index is 1.65. The van der Waals surface area contributed by atoms with E-state index < -0.39 is 5.82 Å². The first-order valence-electron chi connectivity index (χ1n) is 8.95. The summed E-state index contributed by atoms with van der Waals surface area (Å²) in [5, 5.41) is 11.7. The summed E-state index contributed by atoms with van der Waals surface area (Å²) in [5.74, 6) is -0.246. The van der Waals surface area contributed by atoms with Gasteiger partial charge in [0.15, 0.2) is 5.69 Å². The van der Waals surface area contributed by atoms with Crippen molar-refractivity contribution >= 4 is 11.6 Å². The molecule has 0 bridgehead atoms. The summed E-state index contributed by atoms with van der Waals surface area (Å²) in [5.41, 5.74) is 1.67. The topological polar surface area (TPSA) is 72.3 Å². The molecule has 1 fully saturated rings. The Morgan fingerprint density at radius 1 is 1.35 bits per heavy atom. The molecule has 1 amide bonds. The fraction of sp³-hybridized carbons (Fsp3) is 0.500. The fourth-order valence-electron chi connectivity index (χ4n) is 3.67. The summed E-state index contributed by atoms with van der Waals surface area (Å²) in [6, 6.07) is 4.47. The number of carbonyl (C=O) groups excluding carboxylic acids is 1. The highest BCUT2D eigenvalue weighted by molar-refractivity contribution is 6.06. The Kier molecular flexibility index (Phi) is 4.36. The number of benzene rings is 1. The average molecular weight is 359 g/mol. The number of ether oxygens (including phenoxy) is 1. The third-order valence-corrected chi connectivity index (χ3v) is 5.01. The minimum absolute atomic E-state index is 0.229. The zero-order valence-corrected chi connectivity index (χ0v) is 14.9. The Morgan fingerprint density at radius 2 is 2.12 bits per heavy atom. The number of carbonyl (C=O) groups is 1. The molecule has 0 saturated carbocycles. The minimum atomic E-state index is -0.390. The van der Waals surface area contributed by atoms with Crippen LogP contribution in [-0.2, 0) is 0 Å². The van der Waals surface area contributed by atoms with Crippen molar-refractivity contribution in [2.24, 2.45) is 0 Å². The van der Waals surface area contributed by atoms with Gasteiger partial charge in [-0.15, -0.1) is 5.10 Å². The van der Waals surface area contributed by atoms with E-state index in [4.69, 9.17) is 4.74 Å². The smallest absolute Gasteiger partial charge is 0.280 e. The highest BCUT2D eigenvalue weighted by atomic mass is 19.1. The van der Waals surface area contributed by atoms with Crippen molar-refractivity contribution in [3.8, 4) is 5.75 Å². The van der Waals surface area contributed by atoms with Crippen molar-refractivity contribution in [2.75, 3.05) is 24.5 Å². The maximum Gasteiger partial charge on any atom is 0.280 e. The number of halogens is 1. The number of piperidine rings is 1. The van der Waals surface area contributed by atoms with Crippen molar-refractivity contribution in [3.05, 3.63) is 35.4 Å². The molecule has 0 spiro atoms. The molecule has 7 nitrogen and oxygen atoms in total. The summed E-state index contributed by atoms with van der Waals surface area (Å²) in [4.78, 5) is 14.8. The molecule has 1 aromatic heterocycles. The van der Waals surface area contributed by atoms with Gasteiger partial charge in [0, 0.05) is 6.07 Å². The van der Waals surface area contributed by atoms with Gasteiger partial charge < -0.3 is 10.1 Å². The Hall–Kier alpha value is -2.48. The van der Waals surface area contributed by atoms with Crippen molar-refractivity contribution in [3.63, 3.8) is 0 Å². The lowest BCUT2D eigenvalue weighted by atomic mass is 10.1.